The van der Waals surface area contributed by atoms with Crippen molar-refractivity contribution in [3.63, 3.8) is 0 Å². The number of morpholine rings is 1. The Kier molecular flexibility index (Phi) is 4.12. The van der Waals surface area contributed by atoms with E-state index >= 15 is 0 Å². The molecule has 8 heteroatoms. The summed E-state index contributed by atoms with van der Waals surface area (Å²) >= 11 is 0. The second kappa shape index (κ2) is 6.56. The van der Waals surface area contributed by atoms with E-state index < -0.39 is 0 Å². The van der Waals surface area contributed by atoms with Gasteiger partial charge in [0.15, 0.2) is 0 Å². The van der Waals surface area contributed by atoms with Crippen LogP contribution in [0.5, 0.6) is 6.01 Å². The molecule has 2 aromatic heterocycles. The molecular weight excluding hydrogens is 312 g/mol. The largest absolute Gasteiger partial charge is 0.463 e. The summed E-state index contributed by atoms with van der Waals surface area (Å²) in [7, 11) is 0. The Morgan fingerprint density at radius 3 is 2.96 bits per heavy atom. The maximum absolute atomic E-state index is 12.6. The third-order valence-corrected chi connectivity index (χ3v) is 4.60. The van der Waals surface area contributed by atoms with Gasteiger partial charge in [-0.1, -0.05) is 5.16 Å². The molecule has 126 valence electrons. The monoisotopic (exact) mass is 330 g/mol. The van der Waals surface area contributed by atoms with Gasteiger partial charge in [-0.2, -0.15) is 0 Å². The molecule has 1 saturated heterocycles. The van der Waals surface area contributed by atoms with E-state index in [0.717, 1.165) is 12.8 Å². The number of rotatable bonds is 4. The second-order valence-corrected chi connectivity index (χ2v) is 5.96. The highest BCUT2D eigenvalue weighted by molar-refractivity contribution is 5.91. The molecule has 1 aliphatic heterocycles. The minimum Gasteiger partial charge on any atom is -0.463 e. The first kappa shape index (κ1) is 15.1. The lowest BCUT2D eigenvalue weighted by molar-refractivity contribution is -0.0690. The number of carbonyl (C=O) groups is 1. The van der Waals surface area contributed by atoms with Gasteiger partial charge in [0.1, 0.15) is 0 Å². The lowest BCUT2D eigenvalue weighted by atomic mass is 10.0. The van der Waals surface area contributed by atoms with E-state index in [0.29, 0.717) is 25.8 Å². The summed E-state index contributed by atoms with van der Waals surface area (Å²) in [6.45, 7) is 1.56. The summed E-state index contributed by atoms with van der Waals surface area (Å²) in [6, 6.07) is 3.75. The molecule has 3 heterocycles. The molecule has 2 aromatic rings. The minimum atomic E-state index is -0.126. The molecule has 0 radical (unpaired) electrons. The van der Waals surface area contributed by atoms with Crippen LogP contribution in [0.4, 0.5) is 0 Å². The van der Waals surface area contributed by atoms with Gasteiger partial charge in [0.05, 0.1) is 31.6 Å². The molecule has 4 rings (SSSR count). The van der Waals surface area contributed by atoms with Gasteiger partial charge < -0.3 is 18.9 Å². The van der Waals surface area contributed by atoms with Crippen molar-refractivity contribution in [2.75, 3.05) is 19.8 Å². The lowest BCUT2D eigenvalue weighted by Gasteiger charge is -2.38. The number of aromatic nitrogens is 3. The minimum absolute atomic E-state index is 0.0330. The Morgan fingerprint density at radius 2 is 2.17 bits per heavy atom. The van der Waals surface area contributed by atoms with E-state index in [1.54, 1.807) is 24.5 Å². The molecule has 2 aliphatic rings. The van der Waals surface area contributed by atoms with Crippen molar-refractivity contribution < 1.29 is 18.8 Å². The lowest BCUT2D eigenvalue weighted by Crippen LogP contribution is -2.53. The Morgan fingerprint density at radius 1 is 1.29 bits per heavy atom. The first-order chi connectivity index (χ1) is 11.8. The fourth-order valence-electron chi connectivity index (χ4n) is 3.50. The zero-order valence-electron chi connectivity index (χ0n) is 13.1. The maximum atomic E-state index is 12.6. The van der Waals surface area contributed by atoms with Crippen molar-refractivity contribution in [1.29, 1.82) is 0 Å². The maximum Gasteiger partial charge on any atom is 0.316 e. The highest BCUT2D eigenvalue weighted by Gasteiger charge is 2.45. The van der Waals surface area contributed by atoms with Gasteiger partial charge in [-0.05, 0) is 18.9 Å². The molecule has 2 fully saturated rings. The number of hydrogen-bond acceptors (Lipinski definition) is 7. The molecule has 1 saturated carbocycles. The third kappa shape index (κ3) is 2.84. The molecular formula is C16H18N4O4. The van der Waals surface area contributed by atoms with Crippen LogP contribution < -0.4 is 4.74 Å². The molecule has 0 aromatic carbocycles. The molecule has 3 unspecified atom stereocenters. The molecule has 0 N–H and O–H groups in total. The Labute approximate surface area is 138 Å². The Balaban J connectivity index is 1.42. The standard InChI is InChI=1S/C16H18N4O4/c21-15(13-4-7-19-24-13)20-8-9-22-14-11(2-3-12(14)20)10-23-16-17-5-1-6-18-16/h1,4-7,11-12,14H,2-3,8-10H2. The quantitative estimate of drug-likeness (QED) is 0.831. The van der Waals surface area contributed by atoms with Crippen LogP contribution in [0, 0.1) is 5.92 Å². The van der Waals surface area contributed by atoms with E-state index in [1.165, 1.54) is 6.20 Å². The Bertz CT molecular complexity index is 679. The van der Waals surface area contributed by atoms with Gasteiger partial charge in [-0.15, -0.1) is 0 Å². The van der Waals surface area contributed by atoms with E-state index in [4.69, 9.17) is 14.0 Å². The fourth-order valence-corrected chi connectivity index (χ4v) is 3.50. The van der Waals surface area contributed by atoms with Crippen LogP contribution in [0.15, 0.2) is 35.2 Å². The van der Waals surface area contributed by atoms with Crippen LogP contribution in [0.3, 0.4) is 0 Å². The molecule has 3 atom stereocenters. The van der Waals surface area contributed by atoms with Crippen molar-refractivity contribution in [3.8, 4) is 6.01 Å². The third-order valence-electron chi connectivity index (χ3n) is 4.60. The van der Waals surface area contributed by atoms with Crippen molar-refractivity contribution in [2.24, 2.45) is 5.92 Å². The van der Waals surface area contributed by atoms with E-state index in [1.807, 2.05) is 4.90 Å². The summed E-state index contributed by atoms with van der Waals surface area (Å²) in [4.78, 5) is 22.5. The second-order valence-electron chi connectivity index (χ2n) is 5.96. The van der Waals surface area contributed by atoms with Gasteiger partial charge in [-0.3, -0.25) is 4.79 Å². The van der Waals surface area contributed by atoms with Crippen LogP contribution in [0.1, 0.15) is 23.4 Å². The van der Waals surface area contributed by atoms with Crippen molar-refractivity contribution in [3.05, 3.63) is 36.5 Å². The normalized spacial score (nSPS) is 26.2. The predicted molar refractivity (Wildman–Crippen MR) is 81.3 cm³/mol. The molecule has 1 amide bonds. The predicted octanol–water partition coefficient (Wildman–Crippen LogP) is 1.16. The van der Waals surface area contributed by atoms with Crippen LogP contribution >= 0.6 is 0 Å². The van der Waals surface area contributed by atoms with Crippen molar-refractivity contribution >= 4 is 5.91 Å². The highest BCUT2D eigenvalue weighted by Crippen LogP contribution is 2.35. The topological polar surface area (TPSA) is 90.6 Å². The van der Waals surface area contributed by atoms with Crippen LogP contribution in [0.25, 0.3) is 0 Å². The fraction of sp³-hybridized carbons (Fsp3) is 0.500. The number of carbonyl (C=O) groups excluding carboxylic acids is 1. The number of nitrogens with zero attached hydrogens (tertiary/aromatic N) is 4. The van der Waals surface area contributed by atoms with Crippen molar-refractivity contribution in [2.45, 2.75) is 25.0 Å². The van der Waals surface area contributed by atoms with Crippen LogP contribution in [0.2, 0.25) is 0 Å². The summed E-state index contributed by atoms with van der Waals surface area (Å²) in [5, 5.41) is 3.61. The molecule has 0 bridgehead atoms. The van der Waals surface area contributed by atoms with Crippen LogP contribution in [-0.2, 0) is 4.74 Å². The zero-order chi connectivity index (χ0) is 16.4. The summed E-state index contributed by atoms with van der Waals surface area (Å²) < 4.78 is 16.6. The molecule has 8 nitrogen and oxygen atoms in total. The average Bonchev–Trinajstić information content (AvgIpc) is 3.30. The zero-order valence-corrected chi connectivity index (χ0v) is 13.1. The SMILES string of the molecule is O=C(c1ccno1)N1CCOC2C(COc3ncccn3)CCC21. The first-order valence-corrected chi connectivity index (χ1v) is 8.06. The van der Waals surface area contributed by atoms with Crippen LogP contribution in [-0.4, -0.2) is 57.8 Å². The number of amides is 1. The van der Waals surface area contributed by atoms with Gasteiger partial charge in [0, 0.05) is 30.9 Å². The van der Waals surface area contributed by atoms with Gasteiger partial charge >= 0.3 is 6.01 Å². The van der Waals surface area contributed by atoms with Gasteiger partial charge in [0.25, 0.3) is 5.91 Å². The number of hydrogen-bond donors (Lipinski definition) is 0. The van der Waals surface area contributed by atoms with E-state index in [-0.39, 0.29) is 29.7 Å². The molecule has 0 spiro atoms. The number of ether oxygens (including phenoxy) is 2. The molecule has 24 heavy (non-hydrogen) atoms. The van der Waals surface area contributed by atoms with E-state index in [2.05, 4.69) is 15.1 Å². The summed E-state index contributed by atoms with van der Waals surface area (Å²) in [6.07, 6.45) is 6.56. The van der Waals surface area contributed by atoms with Crippen molar-refractivity contribution in [1.82, 2.24) is 20.0 Å². The number of fused-ring (bicyclic) bond motifs is 1. The summed E-state index contributed by atoms with van der Waals surface area (Å²) in [5.41, 5.74) is 0. The smallest absolute Gasteiger partial charge is 0.316 e. The summed E-state index contributed by atoms with van der Waals surface area (Å²) in [5.74, 6) is 0.357. The molecule has 1 aliphatic carbocycles. The average molecular weight is 330 g/mol. The first-order valence-electron chi connectivity index (χ1n) is 8.06. The van der Waals surface area contributed by atoms with E-state index in [9.17, 15) is 4.79 Å². The van der Waals surface area contributed by atoms with Gasteiger partial charge in [0.2, 0.25) is 5.76 Å². The highest BCUT2D eigenvalue weighted by atomic mass is 16.5. The van der Waals surface area contributed by atoms with Gasteiger partial charge in [-0.25, -0.2) is 9.97 Å². The Hall–Kier alpha value is -2.48.